The summed E-state index contributed by atoms with van der Waals surface area (Å²) in [6, 6.07) is 12.4. The van der Waals surface area contributed by atoms with Crippen LogP contribution in [0.5, 0.6) is 0 Å². The molecule has 3 aromatic rings. The third-order valence-electron chi connectivity index (χ3n) is 3.83. The van der Waals surface area contributed by atoms with E-state index in [1.165, 1.54) is 29.3 Å². The lowest BCUT2D eigenvalue weighted by atomic mass is 9.77. The van der Waals surface area contributed by atoms with Crippen molar-refractivity contribution in [1.82, 2.24) is 10.1 Å². The Balaban J connectivity index is 1.70. The summed E-state index contributed by atoms with van der Waals surface area (Å²) in [5.74, 6) is 0.459. The molecule has 0 amide bonds. The lowest BCUT2D eigenvalue weighted by Crippen LogP contribution is -2.19. The van der Waals surface area contributed by atoms with Crippen molar-refractivity contribution in [3.8, 4) is 11.5 Å². The van der Waals surface area contributed by atoms with Crippen molar-refractivity contribution in [3.05, 3.63) is 65.2 Å². The van der Waals surface area contributed by atoms with Crippen molar-refractivity contribution >= 4 is 5.69 Å². The zero-order valence-corrected chi connectivity index (χ0v) is 11.1. The van der Waals surface area contributed by atoms with Crippen LogP contribution in [0.25, 0.3) is 11.5 Å². The maximum absolute atomic E-state index is 13.8. The number of hydrogen-bond donors (Lipinski definition) is 1. The van der Waals surface area contributed by atoms with Crippen LogP contribution in [0.3, 0.4) is 0 Å². The summed E-state index contributed by atoms with van der Waals surface area (Å²) in [7, 11) is 0. The number of fused-ring (bicyclic) bond motifs is 1. The molecule has 1 aliphatic rings. The Morgan fingerprint density at radius 3 is 2.90 bits per heavy atom. The van der Waals surface area contributed by atoms with Gasteiger partial charge in [-0.15, -0.1) is 0 Å². The Morgan fingerprint density at radius 1 is 1.19 bits per heavy atom. The molecule has 4 nitrogen and oxygen atoms in total. The van der Waals surface area contributed by atoms with Gasteiger partial charge in [-0.1, -0.05) is 29.4 Å². The van der Waals surface area contributed by atoms with Gasteiger partial charge in [-0.3, -0.25) is 0 Å². The first-order valence-electron chi connectivity index (χ1n) is 6.69. The van der Waals surface area contributed by atoms with Gasteiger partial charge in [0.25, 0.3) is 5.89 Å². The minimum absolute atomic E-state index is 0.128. The van der Waals surface area contributed by atoms with E-state index in [-0.39, 0.29) is 17.4 Å². The highest BCUT2D eigenvalue weighted by atomic mass is 19.1. The number of nitrogens with two attached hydrogens (primary N) is 1. The van der Waals surface area contributed by atoms with E-state index in [0.29, 0.717) is 11.5 Å². The lowest BCUT2D eigenvalue weighted by Gasteiger charge is -2.27. The van der Waals surface area contributed by atoms with E-state index in [4.69, 9.17) is 10.3 Å². The average Bonchev–Trinajstić information content (AvgIpc) is 2.92. The van der Waals surface area contributed by atoms with Crippen LogP contribution in [0, 0.1) is 5.82 Å². The van der Waals surface area contributed by atoms with Gasteiger partial charge < -0.3 is 10.3 Å². The Hall–Kier alpha value is -2.69. The molecule has 21 heavy (non-hydrogen) atoms. The zero-order chi connectivity index (χ0) is 14.4. The van der Waals surface area contributed by atoms with Gasteiger partial charge in [-0.05, 0) is 35.7 Å². The van der Waals surface area contributed by atoms with Gasteiger partial charge in [0.2, 0.25) is 0 Å². The quantitative estimate of drug-likeness (QED) is 0.733. The van der Waals surface area contributed by atoms with Crippen molar-refractivity contribution in [2.45, 2.75) is 12.3 Å². The second kappa shape index (κ2) is 4.41. The van der Waals surface area contributed by atoms with Crippen LogP contribution < -0.4 is 5.73 Å². The van der Waals surface area contributed by atoms with Crippen LogP contribution in [0.4, 0.5) is 10.1 Å². The van der Waals surface area contributed by atoms with Gasteiger partial charge in [0.15, 0.2) is 5.82 Å². The topological polar surface area (TPSA) is 64.9 Å². The maximum atomic E-state index is 13.8. The zero-order valence-electron chi connectivity index (χ0n) is 11.1. The van der Waals surface area contributed by atoms with Gasteiger partial charge in [0.05, 0.1) is 11.5 Å². The fraction of sp³-hybridized carbons (Fsp3) is 0.125. The van der Waals surface area contributed by atoms with Gasteiger partial charge in [-0.25, -0.2) is 4.39 Å². The Morgan fingerprint density at radius 2 is 2.05 bits per heavy atom. The molecule has 5 heteroatoms. The summed E-state index contributed by atoms with van der Waals surface area (Å²) in [5, 5.41) is 3.99. The number of anilines is 1. The molecule has 0 aliphatic heterocycles. The summed E-state index contributed by atoms with van der Waals surface area (Å²) in [6.45, 7) is 0. The summed E-state index contributed by atoms with van der Waals surface area (Å²) in [4.78, 5) is 4.33. The van der Waals surface area contributed by atoms with E-state index in [1.807, 2.05) is 12.1 Å². The Kier molecular flexibility index (Phi) is 2.54. The highest BCUT2D eigenvalue weighted by Gasteiger charge is 2.31. The van der Waals surface area contributed by atoms with Crippen molar-refractivity contribution < 1.29 is 8.91 Å². The Bertz CT molecular complexity index is 828. The molecule has 1 aromatic heterocycles. The molecule has 1 aliphatic carbocycles. The van der Waals surface area contributed by atoms with Crippen molar-refractivity contribution in [1.29, 1.82) is 0 Å². The van der Waals surface area contributed by atoms with E-state index in [1.54, 1.807) is 0 Å². The molecule has 104 valence electrons. The molecule has 4 rings (SSSR count). The van der Waals surface area contributed by atoms with Crippen LogP contribution in [0.15, 0.2) is 47.0 Å². The van der Waals surface area contributed by atoms with Crippen LogP contribution in [0.1, 0.15) is 22.9 Å². The molecule has 0 spiro atoms. The fourth-order valence-electron chi connectivity index (χ4n) is 2.68. The van der Waals surface area contributed by atoms with E-state index in [9.17, 15) is 4.39 Å². The van der Waals surface area contributed by atoms with E-state index < -0.39 is 5.82 Å². The monoisotopic (exact) mass is 281 g/mol. The molecule has 1 unspecified atom stereocenters. The molecule has 0 saturated heterocycles. The van der Waals surface area contributed by atoms with Gasteiger partial charge in [0, 0.05) is 5.69 Å². The third kappa shape index (κ3) is 1.89. The standard InChI is InChI=1S/C16H12FN3O/c17-14-6-5-10(18)8-13(14)16-19-15(20-21-16)12-7-9-3-1-2-4-11(9)12/h1-6,8,12H,7,18H2. The highest BCUT2D eigenvalue weighted by Crippen LogP contribution is 2.39. The second-order valence-electron chi connectivity index (χ2n) is 5.15. The van der Waals surface area contributed by atoms with E-state index in [0.717, 1.165) is 6.42 Å². The first kappa shape index (κ1) is 12.1. The summed E-state index contributed by atoms with van der Waals surface area (Å²) < 4.78 is 19.0. The highest BCUT2D eigenvalue weighted by molar-refractivity contribution is 5.60. The van der Waals surface area contributed by atoms with Crippen LogP contribution in [0.2, 0.25) is 0 Å². The number of hydrogen-bond acceptors (Lipinski definition) is 4. The normalized spacial score (nSPS) is 16.3. The first-order chi connectivity index (χ1) is 10.2. The minimum Gasteiger partial charge on any atom is -0.399 e. The Labute approximate surface area is 120 Å². The number of nitrogen functional groups attached to an aromatic ring is 1. The molecule has 0 bridgehead atoms. The molecule has 1 heterocycles. The van der Waals surface area contributed by atoms with Gasteiger partial charge in [0.1, 0.15) is 5.82 Å². The SMILES string of the molecule is Nc1ccc(F)c(-c2nc(C3Cc4ccccc43)no2)c1. The maximum Gasteiger partial charge on any atom is 0.260 e. The summed E-state index contributed by atoms with van der Waals surface area (Å²) >= 11 is 0. The lowest BCUT2D eigenvalue weighted by molar-refractivity contribution is 0.414. The number of benzene rings is 2. The van der Waals surface area contributed by atoms with Crippen molar-refractivity contribution in [2.75, 3.05) is 5.73 Å². The molecule has 1 atom stereocenters. The van der Waals surface area contributed by atoms with E-state index in [2.05, 4.69) is 22.3 Å². The third-order valence-corrected chi connectivity index (χ3v) is 3.83. The summed E-state index contributed by atoms with van der Waals surface area (Å²) in [5.41, 5.74) is 8.87. The predicted molar refractivity (Wildman–Crippen MR) is 76.1 cm³/mol. The molecule has 0 saturated carbocycles. The second-order valence-corrected chi connectivity index (χ2v) is 5.15. The molecule has 0 radical (unpaired) electrons. The largest absolute Gasteiger partial charge is 0.399 e. The minimum atomic E-state index is -0.423. The average molecular weight is 281 g/mol. The predicted octanol–water partition coefficient (Wildman–Crippen LogP) is 3.15. The summed E-state index contributed by atoms with van der Waals surface area (Å²) in [6.07, 6.45) is 0.883. The fourth-order valence-corrected chi connectivity index (χ4v) is 2.68. The smallest absolute Gasteiger partial charge is 0.260 e. The van der Waals surface area contributed by atoms with E-state index >= 15 is 0 Å². The number of nitrogens with zero attached hydrogens (tertiary/aromatic N) is 2. The number of aromatic nitrogens is 2. The number of rotatable bonds is 2. The molecule has 2 N–H and O–H groups in total. The molecule has 2 aromatic carbocycles. The molecule has 0 fully saturated rings. The van der Waals surface area contributed by atoms with Crippen LogP contribution >= 0.6 is 0 Å². The van der Waals surface area contributed by atoms with Gasteiger partial charge in [-0.2, -0.15) is 4.98 Å². The number of halogens is 1. The first-order valence-corrected chi connectivity index (χ1v) is 6.69. The van der Waals surface area contributed by atoms with Crippen molar-refractivity contribution in [2.24, 2.45) is 0 Å². The van der Waals surface area contributed by atoms with Crippen LogP contribution in [-0.4, -0.2) is 10.1 Å². The molecular formula is C16H12FN3O. The van der Waals surface area contributed by atoms with Crippen molar-refractivity contribution in [3.63, 3.8) is 0 Å². The van der Waals surface area contributed by atoms with Crippen LogP contribution in [-0.2, 0) is 6.42 Å². The molecular weight excluding hydrogens is 269 g/mol. The van der Waals surface area contributed by atoms with Gasteiger partial charge >= 0.3 is 0 Å².